The van der Waals surface area contributed by atoms with Gasteiger partial charge in [0, 0.05) is 26.3 Å². The Morgan fingerprint density at radius 3 is 2.72 bits per heavy atom. The maximum absolute atomic E-state index is 12.9. The Bertz CT molecular complexity index is 567. The SMILES string of the molecule is O=C(COc1ccc(F)cc1)N1CCC2(CC1)CC(CCO)CCO2. The molecule has 2 fully saturated rings. The largest absolute Gasteiger partial charge is 0.484 e. The maximum atomic E-state index is 12.9. The van der Waals surface area contributed by atoms with E-state index in [0.29, 0.717) is 24.8 Å². The van der Waals surface area contributed by atoms with Crippen molar-refractivity contribution in [3.05, 3.63) is 30.1 Å². The number of nitrogens with zero attached hydrogens (tertiary/aromatic N) is 1. The van der Waals surface area contributed by atoms with Gasteiger partial charge in [-0.05, 0) is 62.3 Å². The molecule has 2 aliphatic heterocycles. The topological polar surface area (TPSA) is 59.0 Å². The Morgan fingerprint density at radius 1 is 1.32 bits per heavy atom. The van der Waals surface area contributed by atoms with E-state index >= 15 is 0 Å². The third-order valence-corrected chi connectivity index (χ3v) is 5.34. The summed E-state index contributed by atoms with van der Waals surface area (Å²) in [5.74, 6) is 0.627. The third kappa shape index (κ3) is 4.70. The summed E-state index contributed by atoms with van der Waals surface area (Å²) in [7, 11) is 0. The van der Waals surface area contributed by atoms with E-state index in [1.807, 2.05) is 4.90 Å². The van der Waals surface area contributed by atoms with Crippen molar-refractivity contribution in [3.8, 4) is 5.75 Å². The van der Waals surface area contributed by atoms with Gasteiger partial charge in [-0.15, -0.1) is 0 Å². The zero-order valence-corrected chi connectivity index (χ0v) is 14.5. The fraction of sp³-hybridized carbons (Fsp3) is 0.632. The van der Waals surface area contributed by atoms with Crippen molar-refractivity contribution in [2.75, 3.05) is 32.9 Å². The lowest BCUT2D eigenvalue weighted by molar-refractivity contribution is -0.149. The molecule has 0 saturated carbocycles. The van der Waals surface area contributed by atoms with Gasteiger partial charge in [-0.1, -0.05) is 0 Å². The Labute approximate surface area is 147 Å². The summed E-state index contributed by atoms with van der Waals surface area (Å²) >= 11 is 0. The first-order chi connectivity index (χ1) is 12.1. The van der Waals surface area contributed by atoms with Crippen LogP contribution in [0.2, 0.25) is 0 Å². The second kappa shape index (κ2) is 8.15. The van der Waals surface area contributed by atoms with Gasteiger partial charge in [-0.3, -0.25) is 4.79 Å². The zero-order valence-electron chi connectivity index (χ0n) is 14.5. The van der Waals surface area contributed by atoms with Crippen LogP contribution >= 0.6 is 0 Å². The van der Waals surface area contributed by atoms with Crippen LogP contribution in [0.4, 0.5) is 4.39 Å². The van der Waals surface area contributed by atoms with Gasteiger partial charge in [0.25, 0.3) is 5.91 Å². The molecule has 1 atom stereocenters. The molecule has 1 amide bonds. The Balaban J connectivity index is 1.46. The predicted molar refractivity (Wildman–Crippen MR) is 90.8 cm³/mol. The van der Waals surface area contributed by atoms with Gasteiger partial charge in [0.05, 0.1) is 5.60 Å². The van der Waals surface area contributed by atoms with Crippen LogP contribution in [-0.2, 0) is 9.53 Å². The summed E-state index contributed by atoms with van der Waals surface area (Å²) in [4.78, 5) is 14.1. The van der Waals surface area contributed by atoms with E-state index in [9.17, 15) is 9.18 Å². The molecule has 2 saturated heterocycles. The van der Waals surface area contributed by atoms with Crippen molar-refractivity contribution in [1.29, 1.82) is 0 Å². The summed E-state index contributed by atoms with van der Waals surface area (Å²) in [5, 5.41) is 9.16. The second-order valence-corrected chi connectivity index (χ2v) is 7.03. The lowest BCUT2D eigenvalue weighted by Crippen LogP contribution is -2.51. The zero-order chi connectivity index (χ0) is 17.7. The van der Waals surface area contributed by atoms with Crippen molar-refractivity contribution < 1.29 is 23.8 Å². The Kier molecular flexibility index (Phi) is 5.91. The first kappa shape index (κ1) is 18.1. The van der Waals surface area contributed by atoms with E-state index < -0.39 is 0 Å². The highest BCUT2D eigenvalue weighted by molar-refractivity contribution is 5.77. The van der Waals surface area contributed by atoms with Crippen molar-refractivity contribution >= 4 is 5.91 Å². The molecule has 2 heterocycles. The number of carbonyl (C=O) groups is 1. The van der Waals surface area contributed by atoms with Gasteiger partial charge in [0.15, 0.2) is 6.61 Å². The number of carbonyl (C=O) groups excluding carboxylic acids is 1. The van der Waals surface area contributed by atoms with Crippen LogP contribution < -0.4 is 4.74 Å². The predicted octanol–water partition coefficient (Wildman–Crippen LogP) is 2.37. The number of likely N-dealkylation sites (tertiary alicyclic amines) is 1. The quantitative estimate of drug-likeness (QED) is 0.885. The van der Waals surface area contributed by atoms with E-state index in [4.69, 9.17) is 14.6 Å². The summed E-state index contributed by atoms with van der Waals surface area (Å²) in [6.07, 6.45) is 4.48. The van der Waals surface area contributed by atoms with Crippen molar-refractivity contribution in [1.82, 2.24) is 4.90 Å². The molecule has 1 N–H and O–H groups in total. The minimum Gasteiger partial charge on any atom is -0.484 e. The van der Waals surface area contributed by atoms with Crippen LogP contribution in [0.3, 0.4) is 0 Å². The van der Waals surface area contributed by atoms with Crippen LogP contribution in [0.5, 0.6) is 5.75 Å². The third-order valence-electron chi connectivity index (χ3n) is 5.34. The number of hydrogen-bond acceptors (Lipinski definition) is 4. The first-order valence-electron chi connectivity index (χ1n) is 9.01. The monoisotopic (exact) mass is 351 g/mol. The standard InChI is InChI=1S/C19H26FNO4/c20-16-1-3-17(4-2-16)24-14-18(23)21-9-7-19(8-10-21)13-15(5-11-22)6-12-25-19/h1-4,15,22H,5-14H2. The van der Waals surface area contributed by atoms with Crippen LogP contribution in [0.1, 0.15) is 32.1 Å². The number of rotatable bonds is 5. The van der Waals surface area contributed by atoms with E-state index in [-0.39, 0.29) is 30.5 Å². The number of piperidine rings is 1. The van der Waals surface area contributed by atoms with E-state index in [2.05, 4.69) is 0 Å². The molecule has 2 aliphatic rings. The van der Waals surface area contributed by atoms with Gasteiger partial charge >= 0.3 is 0 Å². The molecule has 1 unspecified atom stereocenters. The second-order valence-electron chi connectivity index (χ2n) is 7.03. The number of hydrogen-bond donors (Lipinski definition) is 1. The van der Waals surface area contributed by atoms with Crippen LogP contribution in [0.15, 0.2) is 24.3 Å². The summed E-state index contributed by atoms with van der Waals surface area (Å²) < 4.78 is 24.4. The average Bonchev–Trinajstić information content (AvgIpc) is 2.62. The molecule has 1 aromatic rings. The molecule has 6 heteroatoms. The molecule has 0 aliphatic carbocycles. The van der Waals surface area contributed by atoms with Crippen molar-refractivity contribution in [3.63, 3.8) is 0 Å². The highest BCUT2D eigenvalue weighted by atomic mass is 19.1. The van der Waals surface area contributed by atoms with E-state index in [1.165, 1.54) is 24.3 Å². The fourth-order valence-corrected chi connectivity index (χ4v) is 3.84. The molecule has 1 aromatic carbocycles. The normalized spacial score (nSPS) is 22.8. The molecule has 25 heavy (non-hydrogen) atoms. The van der Waals surface area contributed by atoms with Crippen LogP contribution in [0, 0.1) is 11.7 Å². The van der Waals surface area contributed by atoms with E-state index in [1.54, 1.807) is 0 Å². The Morgan fingerprint density at radius 2 is 2.04 bits per heavy atom. The van der Waals surface area contributed by atoms with Gasteiger partial charge in [-0.25, -0.2) is 4.39 Å². The molecule has 5 nitrogen and oxygen atoms in total. The average molecular weight is 351 g/mol. The maximum Gasteiger partial charge on any atom is 0.260 e. The number of halogens is 1. The Hall–Kier alpha value is -1.66. The highest BCUT2D eigenvalue weighted by Gasteiger charge is 2.40. The summed E-state index contributed by atoms with van der Waals surface area (Å²) in [5.41, 5.74) is -0.132. The summed E-state index contributed by atoms with van der Waals surface area (Å²) in [6, 6.07) is 5.66. The van der Waals surface area contributed by atoms with E-state index in [0.717, 1.165) is 38.7 Å². The molecule has 3 rings (SSSR count). The number of aliphatic hydroxyl groups is 1. The molecule has 138 valence electrons. The molecular weight excluding hydrogens is 325 g/mol. The number of ether oxygens (including phenoxy) is 2. The lowest BCUT2D eigenvalue weighted by atomic mass is 9.78. The van der Waals surface area contributed by atoms with Gasteiger partial charge < -0.3 is 19.5 Å². The lowest BCUT2D eigenvalue weighted by Gasteiger charge is -2.46. The fourth-order valence-electron chi connectivity index (χ4n) is 3.84. The van der Waals surface area contributed by atoms with Crippen molar-refractivity contribution in [2.45, 2.75) is 37.7 Å². The van der Waals surface area contributed by atoms with Crippen molar-refractivity contribution in [2.24, 2.45) is 5.92 Å². The number of amides is 1. The first-order valence-corrected chi connectivity index (χ1v) is 9.01. The summed E-state index contributed by atoms with van der Waals surface area (Å²) in [6.45, 7) is 2.26. The van der Waals surface area contributed by atoms with Gasteiger partial charge in [0.1, 0.15) is 11.6 Å². The molecular formula is C19H26FNO4. The molecule has 0 radical (unpaired) electrons. The van der Waals surface area contributed by atoms with Crippen LogP contribution in [-0.4, -0.2) is 54.4 Å². The molecule has 0 bridgehead atoms. The molecule has 0 aromatic heterocycles. The van der Waals surface area contributed by atoms with Gasteiger partial charge in [-0.2, -0.15) is 0 Å². The minimum atomic E-state index is -0.327. The van der Waals surface area contributed by atoms with Crippen LogP contribution in [0.25, 0.3) is 0 Å². The number of benzene rings is 1. The molecule has 1 spiro atoms. The highest BCUT2D eigenvalue weighted by Crippen LogP contribution is 2.38. The smallest absolute Gasteiger partial charge is 0.260 e. The van der Waals surface area contributed by atoms with Gasteiger partial charge in [0.2, 0.25) is 0 Å². The minimum absolute atomic E-state index is 0.0351. The number of aliphatic hydroxyl groups excluding tert-OH is 1.